The van der Waals surface area contributed by atoms with Crippen LogP contribution in [0.15, 0.2) is 24.5 Å². The minimum atomic E-state index is -0.866. The topological polar surface area (TPSA) is 72.4 Å². The summed E-state index contributed by atoms with van der Waals surface area (Å²) in [6.45, 7) is 5.75. The van der Waals surface area contributed by atoms with Crippen molar-refractivity contribution in [1.82, 2.24) is 14.7 Å². The van der Waals surface area contributed by atoms with Crippen molar-refractivity contribution in [2.24, 2.45) is 5.73 Å². The number of carbonyl (C=O) groups is 1. The maximum absolute atomic E-state index is 11.6. The number of nitrogens with one attached hydrogen (secondary N) is 1. The Balaban J connectivity index is 2.14. The highest BCUT2D eigenvalue weighted by Crippen LogP contribution is 2.09. The van der Waals surface area contributed by atoms with Crippen molar-refractivity contribution < 1.29 is 4.79 Å². The molecule has 0 radical (unpaired) electrons. The fraction of sp³-hybridized carbons (Fsp3) is 0.385. The number of rotatable bonds is 3. The molecule has 2 heterocycles. The second-order valence-corrected chi connectivity index (χ2v) is 5.06. The molecule has 5 nitrogen and oxygen atoms in total. The zero-order valence-corrected chi connectivity index (χ0v) is 10.9. The summed E-state index contributed by atoms with van der Waals surface area (Å²) in [4.78, 5) is 16.1. The summed E-state index contributed by atoms with van der Waals surface area (Å²) in [6, 6.07) is 3.98. The summed E-state index contributed by atoms with van der Waals surface area (Å²) < 4.78 is 1.95. The number of hydrogen-bond acceptors (Lipinski definition) is 3. The normalized spacial score (nSPS) is 11.8. The van der Waals surface area contributed by atoms with E-state index in [2.05, 4.69) is 10.3 Å². The van der Waals surface area contributed by atoms with Gasteiger partial charge in [0.25, 0.3) is 0 Å². The van der Waals surface area contributed by atoms with Crippen molar-refractivity contribution in [2.75, 3.05) is 0 Å². The lowest BCUT2D eigenvalue weighted by molar-refractivity contribution is -0.125. The molecule has 0 aromatic carbocycles. The van der Waals surface area contributed by atoms with Gasteiger partial charge < -0.3 is 15.5 Å². The number of imidazole rings is 1. The van der Waals surface area contributed by atoms with E-state index in [0.29, 0.717) is 6.54 Å². The minimum absolute atomic E-state index is 0.184. The van der Waals surface area contributed by atoms with Crippen LogP contribution in [-0.2, 0) is 11.3 Å². The van der Waals surface area contributed by atoms with E-state index in [4.69, 9.17) is 5.73 Å². The second kappa shape index (κ2) is 4.42. The summed E-state index contributed by atoms with van der Waals surface area (Å²) in [5, 5.41) is 2.78. The van der Waals surface area contributed by atoms with Crippen LogP contribution in [0.1, 0.15) is 25.1 Å². The van der Waals surface area contributed by atoms with E-state index in [1.165, 1.54) is 0 Å². The van der Waals surface area contributed by atoms with Gasteiger partial charge in [-0.3, -0.25) is 4.79 Å². The molecular formula is C13H18N4O. The van der Waals surface area contributed by atoms with Gasteiger partial charge in [-0.2, -0.15) is 0 Å². The van der Waals surface area contributed by atoms with Crippen molar-refractivity contribution in [3.8, 4) is 0 Å². The van der Waals surface area contributed by atoms with Crippen LogP contribution in [-0.4, -0.2) is 20.8 Å². The van der Waals surface area contributed by atoms with Crippen molar-refractivity contribution in [3.63, 3.8) is 0 Å². The van der Waals surface area contributed by atoms with Gasteiger partial charge in [0.05, 0.1) is 17.8 Å². The number of pyridine rings is 1. The van der Waals surface area contributed by atoms with E-state index in [0.717, 1.165) is 16.9 Å². The van der Waals surface area contributed by atoms with E-state index in [1.54, 1.807) is 13.8 Å². The first-order valence-corrected chi connectivity index (χ1v) is 5.88. The Morgan fingerprint density at radius 1 is 1.56 bits per heavy atom. The smallest absolute Gasteiger partial charge is 0.239 e. The first-order chi connectivity index (χ1) is 8.38. The molecule has 0 atom stereocenters. The molecule has 2 aromatic heterocycles. The Bertz CT molecular complexity index is 580. The predicted octanol–water partition coefficient (Wildman–Crippen LogP) is 0.996. The van der Waals surface area contributed by atoms with Gasteiger partial charge in [0.2, 0.25) is 5.91 Å². The van der Waals surface area contributed by atoms with Crippen LogP contribution in [0.2, 0.25) is 0 Å². The van der Waals surface area contributed by atoms with Gasteiger partial charge in [0, 0.05) is 12.4 Å². The average molecular weight is 246 g/mol. The van der Waals surface area contributed by atoms with E-state index in [-0.39, 0.29) is 5.91 Å². The average Bonchev–Trinajstić information content (AvgIpc) is 2.69. The molecule has 3 N–H and O–H groups in total. The largest absolute Gasteiger partial charge is 0.349 e. The Labute approximate surface area is 106 Å². The Kier molecular flexibility index (Phi) is 3.09. The highest BCUT2D eigenvalue weighted by Gasteiger charge is 2.21. The summed E-state index contributed by atoms with van der Waals surface area (Å²) in [5.41, 5.74) is 7.68. The monoisotopic (exact) mass is 246 g/mol. The third kappa shape index (κ3) is 2.51. The highest BCUT2D eigenvalue weighted by atomic mass is 16.2. The van der Waals surface area contributed by atoms with Crippen molar-refractivity contribution in [1.29, 1.82) is 0 Å². The van der Waals surface area contributed by atoms with Crippen LogP contribution < -0.4 is 11.1 Å². The number of nitrogens with zero attached hydrogens (tertiary/aromatic N) is 2. The van der Waals surface area contributed by atoms with Gasteiger partial charge >= 0.3 is 0 Å². The Morgan fingerprint density at radius 3 is 2.89 bits per heavy atom. The lowest BCUT2D eigenvalue weighted by atomic mass is 10.1. The molecule has 0 unspecified atom stereocenters. The summed E-state index contributed by atoms with van der Waals surface area (Å²) >= 11 is 0. The molecule has 5 heteroatoms. The summed E-state index contributed by atoms with van der Waals surface area (Å²) in [5.74, 6) is -0.184. The first kappa shape index (κ1) is 12.6. The fourth-order valence-corrected chi connectivity index (χ4v) is 1.69. The van der Waals surface area contributed by atoms with Gasteiger partial charge in [-0.25, -0.2) is 4.98 Å². The van der Waals surface area contributed by atoms with Crippen LogP contribution in [0.3, 0.4) is 0 Å². The number of amides is 1. The van der Waals surface area contributed by atoms with Crippen molar-refractivity contribution in [3.05, 3.63) is 35.8 Å². The Hall–Kier alpha value is -1.88. The van der Waals surface area contributed by atoms with Crippen LogP contribution in [0.4, 0.5) is 0 Å². The standard InChI is InChI=1S/C13H18N4O/c1-9-5-4-6-17-8-10(16-11(9)17)7-15-12(18)13(2,3)14/h4-6,8H,7,14H2,1-3H3,(H,15,18). The zero-order valence-electron chi connectivity index (χ0n) is 10.9. The van der Waals surface area contributed by atoms with Gasteiger partial charge in [-0.1, -0.05) is 6.07 Å². The third-order valence-electron chi connectivity index (χ3n) is 2.74. The molecule has 0 saturated heterocycles. The highest BCUT2D eigenvalue weighted by molar-refractivity contribution is 5.84. The fourth-order valence-electron chi connectivity index (χ4n) is 1.69. The number of fused-ring (bicyclic) bond motifs is 1. The van der Waals surface area contributed by atoms with Crippen molar-refractivity contribution in [2.45, 2.75) is 32.9 Å². The number of nitrogens with two attached hydrogens (primary N) is 1. The lowest BCUT2D eigenvalue weighted by Gasteiger charge is -2.16. The van der Waals surface area contributed by atoms with E-state index in [1.807, 2.05) is 35.9 Å². The van der Waals surface area contributed by atoms with Crippen LogP contribution in [0, 0.1) is 6.92 Å². The maximum Gasteiger partial charge on any atom is 0.239 e. The molecule has 1 amide bonds. The molecule has 0 saturated carbocycles. The minimum Gasteiger partial charge on any atom is -0.349 e. The molecule has 0 aliphatic rings. The molecule has 18 heavy (non-hydrogen) atoms. The van der Waals surface area contributed by atoms with E-state index < -0.39 is 5.54 Å². The van der Waals surface area contributed by atoms with Crippen molar-refractivity contribution >= 4 is 11.6 Å². The van der Waals surface area contributed by atoms with Gasteiger partial charge in [0.15, 0.2) is 0 Å². The molecule has 0 aliphatic heterocycles. The maximum atomic E-state index is 11.6. The quantitative estimate of drug-likeness (QED) is 0.848. The van der Waals surface area contributed by atoms with Gasteiger partial charge in [0.1, 0.15) is 5.65 Å². The number of carbonyl (C=O) groups excluding carboxylic acids is 1. The van der Waals surface area contributed by atoms with Crippen LogP contribution in [0.25, 0.3) is 5.65 Å². The summed E-state index contributed by atoms with van der Waals surface area (Å²) in [6.07, 6.45) is 3.85. The SMILES string of the molecule is Cc1cccn2cc(CNC(=O)C(C)(C)N)nc12. The Morgan fingerprint density at radius 2 is 2.28 bits per heavy atom. The van der Waals surface area contributed by atoms with E-state index in [9.17, 15) is 4.79 Å². The molecule has 0 fully saturated rings. The number of aryl methyl sites for hydroxylation is 1. The summed E-state index contributed by atoms with van der Waals surface area (Å²) in [7, 11) is 0. The van der Waals surface area contributed by atoms with Crippen LogP contribution in [0.5, 0.6) is 0 Å². The zero-order chi connectivity index (χ0) is 13.3. The second-order valence-electron chi connectivity index (χ2n) is 5.06. The van der Waals surface area contributed by atoms with Gasteiger partial charge in [-0.15, -0.1) is 0 Å². The number of hydrogen-bond donors (Lipinski definition) is 2. The predicted molar refractivity (Wildman–Crippen MR) is 70.0 cm³/mol. The first-order valence-electron chi connectivity index (χ1n) is 5.88. The lowest BCUT2D eigenvalue weighted by Crippen LogP contribution is -2.48. The molecule has 96 valence electrons. The number of aromatic nitrogens is 2. The molecule has 0 aliphatic carbocycles. The van der Waals surface area contributed by atoms with Gasteiger partial charge in [-0.05, 0) is 32.4 Å². The third-order valence-corrected chi connectivity index (χ3v) is 2.74. The molecule has 2 rings (SSSR count). The van der Waals surface area contributed by atoms with Crippen LogP contribution >= 0.6 is 0 Å². The molecular weight excluding hydrogens is 228 g/mol. The molecule has 0 spiro atoms. The molecule has 0 bridgehead atoms. The van der Waals surface area contributed by atoms with E-state index >= 15 is 0 Å². The molecule has 2 aromatic rings.